The van der Waals surface area contributed by atoms with E-state index in [0.29, 0.717) is 11.9 Å². The van der Waals surface area contributed by atoms with Gasteiger partial charge in [0.2, 0.25) is 11.9 Å². The van der Waals surface area contributed by atoms with E-state index in [-0.39, 0.29) is 5.92 Å². The van der Waals surface area contributed by atoms with Crippen LogP contribution >= 0.6 is 0 Å². The van der Waals surface area contributed by atoms with Crippen molar-refractivity contribution >= 4 is 23.4 Å². The Kier molecular flexibility index (Phi) is 5.46. The number of aromatic nitrogens is 2. The van der Waals surface area contributed by atoms with Crippen LogP contribution < -0.4 is 10.2 Å². The molecule has 2 fully saturated rings. The third-order valence-electron chi connectivity index (χ3n) is 5.77. The third-order valence-corrected chi connectivity index (χ3v) is 5.77. The molecule has 4 rings (SSSR count). The average molecular weight is 380 g/mol. The highest BCUT2D eigenvalue weighted by atomic mass is 16.2. The van der Waals surface area contributed by atoms with Crippen molar-refractivity contribution in [1.29, 1.82) is 0 Å². The number of benzene rings is 1. The van der Waals surface area contributed by atoms with Gasteiger partial charge in [-0.2, -0.15) is 4.98 Å². The average Bonchev–Trinajstić information content (AvgIpc) is 3.24. The SMILES string of the molecule is Cc1ccc(Nc2nc(C)cc(N3CCN(C(=O)C4CCCC4)CC3)n2)cc1. The lowest BCUT2D eigenvalue weighted by molar-refractivity contribution is -0.135. The van der Waals surface area contributed by atoms with Gasteiger partial charge in [-0.1, -0.05) is 30.5 Å². The minimum absolute atomic E-state index is 0.262. The zero-order valence-electron chi connectivity index (χ0n) is 16.8. The lowest BCUT2D eigenvalue weighted by Gasteiger charge is -2.36. The normalized spacial score (nSPS) is 17.8. The molecule has 1 saturated heterocycles. The molecule has 0 spiro atoms. The standard InChI is InChI=1S/C22H29N5O/c1-16-7-9-19(10-8-16)24-22-23-17(2)15-20(25-22)26-11-13-27(14-12-26)21(28)18-5-3-4-6-18/h7-10,15,18H,3-6,11-14H2,1-2H3,(H,23,24,25). The summed E-state index contributed by atoms with van der Waals surface area (Å²) in [5, 5.41) is 3.30. The monoisotopic (exact) mass is 379 g/mol. The van der Waals surface area contributed by atoms with Crippen molar-refractivity contribution in [3.05, 3.63) is 41.6 Å². The van der Waals surface area contributed by atoms with Gasteiger partial charge in [0, 0.05) is 49.5 Å². The smallest absolute Gasteiger partial charge is 0.229 e. The van der Waals surface area contributed by atoms with Crippen molar-refractivity contribution in [3.8, 4) is 0 Å². The highest BCUT2D eigenvalue weighted by Gasteiger charge is 2.29. The molecule has 2 heterocycles. The Morgan fingerprint density at radius 1 is 1.00 bits per heavy atom. The van der Waals surface area contributed by atoms with Gasteiger partial charge in [0.05, 0.1) is 0 Å². The van der Waals surface area contributed by atoms with Crippen LogP contribution in [0.25, 0.3) is 0 Å². The van der Waals surface area contributed by atoms with Crippen molar-refractivity contribution < 1.29 is 4.79 Å². The molecule has 6 nitrogen and oxygen atoms in total. The van der Waals surface area contributed by atoms with E-state index in [1.54, 1.807) is 0 Å². The van der Waals surface area contributed by atoms with Crippen molar-refractivity contribution in [2.24, 2.45) is 5.92 Å². The molecule has 2 aromatic rings. The first kappa shape index (κ1) is 18.7. The Hall–Kier alpha value is -2.63. The van der Waals surface area contributed by atoms with Gasteiger partial charge in [-0.3, -0.25) is 4.79 Å². The lowest BCUT2D eigenvalue weighted by Crippen LogP contribution is -2.50. The molecule has 1 amide bonds. The summed E-state index contributed by atoms with van der Waals surface area (Å²) in [6, 6.07) is 10.2. The molecule has 0 atom stereocenters. The second-order valence-corrected chi connectivity index (χ2v) is 7.98. The molecule has 1 aliphatic heterocycles. The number of nitrogens with one attached hydrogen (secondary N) is 1. The quantitative estimate of drug-likeness (QED) is 0.878. The minimum Gasteiger partial charge on any atom is -0.353 e. The van der Waals surface area contributed by atoms with Gasteiger partial charge in [-0.15, -0.1) is 0 Å². The number of carbonyl (C=O) groups is 1. The molecule has 148 valence electrons. The number of hydrogen-bond acceptors (Lipinski definition) is 5. The van der Waals surface area contributed by atoms with Gasteiger partial charge >= 0.3 is 0 Å². The second kappa shape index (κ2) is 8.17. The predicted molar refractivity (Wildman–Crippen MR) is 112 cm³/mol. The van der Waals surface area contributed by atoms with Crippen molar-refractivity contribution in [3.63, 3.8) is 0 Å². The van der Waals surface area contributed by atoms with Crippen molar-refractivity contribution in [1.82, 2.24) is 14.9 Å². The number of aryl methyl sites for hydroxylation is 2. The predicted octanol–water partition coefficient (Wildman–Crippen LogP) is 3.68. The number of piperazine rings is 1. The van der Waals surface area contributed by atoms with E-state index in [1.807, 2.05) is 30.0 Å². The fourth-order valence-electron chi connectivity index (χ4n) is 4.12. The minimum atomic E-state index is 0.262. The number of amides is 1. The third kappa shape index (κ3) is 4.26. The molecule has 1 aromatic heterocycles. The van der Waals surface area contributed by atoms with Crippen LogP contribution in [0.5, 0.6) is 0 Å². The van der Waals surface area contributed by atoms with Gasteiger partial charge in [-0.25, -0.2) is 4.98 Å². The first-order valence-corrected chi connectivity index (χ1v) is 10.3. The van der Waals surface area contributed by atoms with E-state index < -0.39 is 0 Å². The van der Waals surface area contributed by atoms with Crippen LogP contribution in [0.3, 0.4) is 0 Å². The summed E-state index contributed by atoms with van der Waals surface area (Å²) >= 11 is 0. The number of anilines is 3. The largest absolute Gasteiger partial charge is 0.353 e. The molecule has 6 heteroatoms. The zero-order chi connectivity index (χ0) is 19.5. The highest BCUT2D eigenvalue weighted by Crippen LogP contribution is 2.27. The maximum absolute atomic E-state index is 12.7. The van der Waals surface area contributed by atoms with Crippen LogP contribution in [0, 0.1) is 19.8 Å². The highest BCUT2D eigenvalue weighted by molar-refractivity contribution is 5.79. The van der Waals surface area contributed by atoms with E-state index in [4.69, 9.17) is 4.98 Å². The number of rotatable bonds is 4. The molecular weight excluding hydrogens is 350 g/mol. The molecule has 1 aliphatic carbocycles. The summed E-state index contributed by atoms with van der Waals surface area (Å²) in [6.45, 7) is 7.25. The van der Waals surface area contributed by atoms with E-state index in [9.17, 15) is 4.79 Å². The topological polar surface area (TPSA) is 61.4 Å². The molecule has 0 radical (unpaired) electrons. The Bertz CT molecular complexity index is 821. The Morgan fingerprint density at radius 3 is 2.36 bits per heavy atom. The molecule has 2 aliphatic rings. The Labute approximate surface area is 167 Å². The first-order valence-electron chi connectivity index (χ1n) is 10.3. The Balaban J connectivity index is 1.41. The van der Waals surface area contributed by atoms with Gasteiger partial charge in [0.1, 0.15) is 5.82 Å². The summed E-state index contributed by atoms with van der Waals surface area (Å²) in [7, 11) is 0. The summed E-state index contributed by atoms with van der Waals surface area (Å²) in [5.74, 6) is 2.16. The molecule has 1 N–H and O–H groups in total. The maximum atomic E-state index is 12.7. The van der Waals surface area contributed by atoms with Crippen LogP contribution in [0.1, 0.15) is 36.9 Å². The molecule has 0 bridgehead atoms. The van der Waals surface area contributed by atoms with Gasteiger partial charge < -0.3 is 15.1 Å². The van der Waals surface area contributed by atoms with E-state index in [0.717, 1.165) is 56.2 Å². The van der Waals surface area contributed by atoms with E-state index in [1.165, 1.54) is 18.4 Å². The lowest BCUT2D eigenvalue weighted by atomic mass is 10.1. The molecule has 28 heavy (non-hydrogen) atoms. The van der Waals surface area contributed by atoms with Crippen LogP contribution in [0.2, 0.25) is 0 Å². The van der Waals surface area contributed by atoms with Gasteiger partial charge in [0.15, 0.2) is 0 Å². The molecule has 1 aromatic carbocycles. The van der Waals surface area contributed by atoms with Gasteiger partial charge in [-0.05, 0) is 38.8 Å². The number of carbonyl (C=O) groups excluding carboxylic acids is 1. The summed E-state index contributed by atoms with van der Waals surface area (Å²) in [4.78, 5) is 26.2. The number of nitrogens with zero attached hydrogens (tertiary/aromatic N) is 4. The first-order chi connectivity index (χ1) is 13.6. The maximum Gasteiger partial charge on any atom is 0.229 e. The fourth-order valence-corrected chi connectivity index (χ4v) is 4.12. The summed E-state index contributed by atoms with van der Waals surface area (Å²) in [5.41, 5.74) is 3.14. The van der Waals surface area contributed by atoms with Crippen molar-refractivity contribution in [2.75, 3.05) is 36.4 Å². The Morgan fingerprint density at radius 2 is 1.68 bits per heavy atom. The summed E-state index contributed by atoms with van der Waals surface area (Å²) < 4.78 is 0. The van der Waals surface area contributed by atoms with E-state index in [2.05, 4.69) is 34.3 Å². The fraction of sp³-hybridized carbons (Fsp3) is 0.500. The van der Waals surface area contributed by atoms with E-state index >= 15 is 0 Å². The van der Waals surface area contributed by atoms with Crippen LogP contribution in [-0.2, 0) is 4.79 Å². The molecule has 1 saturated carbocycles. The zero-order valence-corrected chi connectivity index (χ0v) is 16.8. The number of hydrogen-bond donors (Lipinski definition) is 1. The van der Waals surface area contributed by atoms with Crippen LogP contribution in [-0.4, -0.2) is 47.0 Å². The molecular formula is C22H29N5O. The summed E-state index contributed by atoms with van der Waals surface area (Å²) in [6.07, 6.45) is 4.54. The van der Waals surface area contributed by atoms with Gasteiger partial charge in [0.25, 0.3) is 0 Å². The van der Waals surface area contributed by atoms with Crippen LogP contribution in [0.4, 0.5) is 17.5 Å². The van der Waals surface area contributed by atoms with Crippen molar-refractivity contribution in [2.45, 2.75) is 39.5 Å². The molecule has 0 unspecified atom stereocenters. The van der Waals surface area contributed by atoms with Crippen LogP contribution in [0.15, 0.2) is 30.3 Å². The second-order valence-electron chi connectivity index (χ2n) is 7.98.